The molecule has 0 fully saturated rings. The van der Waals surface area contributed by atoms with E-state index in [-0.39, 0.29) is 12.5 Å². The van der Waals surface area contributed by atoms with Crippen molar-refractivity contribution in [1.29, 1.82) is 0 Å². The Morgan fingerprint density at radius 3 is 2.83 bits per heavy atom. The molecule has 0 aliphatic rings. The number of nitrogens with zero attached hydrogens (tertiary/aromatic N) is 6. The van der Waals surface area contributed by atoms with E-state index in [1.54, 1.807) is 6.20 Å². The van der Waals surface area contributed by atoms with Gasteiger partial charge in [-0.05, 0) is 17.7 Å². The molecule has 0 unspecified atom stereocenters. The maximum absolute atomic E-state index is 11.6. The minimum Gasteiger partial charge on any atom is -0.468 e. The number of fused-ring (bicyclic) bond motifs is 2. The summed E-state index contributed by atoms with van der Waals surface area (Å²) in [7, 11) is 5.28. The van der Waals surface area contributed by atoms with E-state index in [9.17, 15) is 4.79 Å². The molecule has 4 aromatic rings. The lowest BCUT2D eigenvalue weighted by molar-refractivity contribution is -0.141. The highest BCUT2D eigenvalue weighted by Crippen LogP contribution is 2.24. The molecule has 1 N–H and O–H groups in total. The summed E-state index contributed by atoms with van der Waals surface area (Å²) < 4.78 is 6.21. The molecular weight excluding hydrogens is 370 g/mol. The van der Waals surface area contributed by atoms with Crippen LogP contribution in [0.1, 0.15) is 5.56 Å². The van der Waals surface area contributed by atoms with E-state index in [1.165, 1.54) is 18.1 Å². The first kappa shape index (κ1) is 18.6. The van der Waals surface area contributed by atoms with Crippen molar-refractivity contribution < 1.29 is 9.53 Å². The number of hydrogen-bond donors (Lipinski definition) is 1. The topological polar surface area (TPSA) is 98.1 Å². The molecule has 0 aliphatic carbocycles. The van der Waals surface area contributed by atoms with Crippen molar-refractivity contribution in [2.24, 2.45) is 0 Å². The van der Waals surface area contributed by atoms with E-state index < -0.39 is 0 Å². The van der Waals surface area contributed by atoms with Gasteiger partial charge < -0.3 is 15.0 Å². The monoisotopic (exact) mass is 391 g/mol. The van der Waals surface area contributed by atoms with Gasteiger partial charge in [0.15, 0.2) is 5.65 Å². The van der Waals surface area contributed by atoms with Crippen molar-refractivity contribution in [3.8, 4) is 0 Å². The van der Waals surface area contributed by atoms with Crippen molar-refractivity contribution in [1.82, 2.24) is 24.7 Å². The molecule has 0 atom stereocenters. The number of aromatic nitrogens is 5. The molecule has 0 spiro atoms. The van der Waals surface area contributed by atoms with Crippen LogP contribution in [0, 0.1) is 0 Å². The van der Waals surface area contributed by atoms with Gasteiger partial charge >= 0.3 is 5.97 Å². The third kappa shape index (κ3) is 3.66. The third-order valence-corrected chi connectivity index (χ3v) is 4.63. The summed E-state index contributed by atoms with van der Waals surface area (Å²) in [4.78, 5) is 26.9. The second-order valence-electron chi connectivity index (χ2n) is 6.74. The fraction of sp³-hybridized carbons (Fsp3) is 0.250. The van der Waals surface area contributed by atoms with Gasteiger partial charge in [0, 0.05) is 26.0 Å². The molecule has 29 heavy (non-hydrogen) atoms. The highest BCUT2D eigenvalue weighted by atomic mass is 16.5. The SMILES string of the molecule is COC(=O)Cn1ncc2c(NCc3cc(N(C)C)nc4ccccc34)ncnc21. The number of carbonyl (C=O) groups excluding carboxylic acids is 1. The number of methoxy groups -OCH3 is 1. The molecular formula is C20H21N7O2. The summed E-state index contributed by atoms with van der Waals surface area (Å²) >= 11 is 0. The van der Waals surface area contributed by atoms with Crippen molar-refractivity contribution in [3.05, 3.63) is 48.4 Å². The van der Waals surface area contributed by atoms with Gasteiger partial charge in [0.25, 0.3) is 0 Å². The minimum absolute atomic E-state index is 0.00234. The van der Waals surface area contributed by atoms with Gasteiger partial charge in [0.05, 0.1) is 24.2 Å². The molecule has 0 radical (unpaired) electrons. The zero-order chi connectivity index (χ0) is 20.4. The van der Waals surface area contributed by atoms with Crippen LogP contribution in [-0.4, -0.2) is 51.9 Å². The van der Waals surface area contributed by atoms with Gasteiger partial charge in [-0.1, -0.05) is 18.2 Å². The number of para-hydroxylation sites is 1. The Bertz CT molecular complexity index is 1190. The second kappa shape index (κ2) is 7.70. The summed E-state index contributed by atoms with van der Waals surface area (Å²) in [5.41, 5.74) is 2.61. The van der Waals surface area contributed by atoms with Crippen LogP contribution >= 0.6 is 0 Å². The number of esters is 1. The molecule has 0 aliphatic heterocycles. The van der Waals surface area contributed by atoms with Gasteiger partial charge in [-0.15, -0.1) is 0 Å². The third-order valence-electron chi connectivity index (χ3n) is 4.63. The Hall–Kier alpha value is -3.75. The number of rotatable bonds is 6. The van der Waals surface area contributed by atoms with Crippen molar-refractivity contribution in [3.63, 3.8) is 0 Å². The van der Waals surface area contributed by atoms with Crippen LogP contribution in [0.4, 0.5) is 11.6 Å². The van der Waals surface area contributed by atoms with E-state index in [4.69, 9.17) is 9.72 Å². The maximum Gasteiger partial charge on any atom is 0.327 e. The summed E-state index contributed by atoms with van der Waals surface area (Å²) in [6.45, 7) is 0.551. The lowest BCUT2D eigenvalue weighted by Crippen LogP contribution is -2.13. The number of benzene rings is 1. The molecule has 4 rings (SSSR count). The highest BCUT2D eigenvalue weighted by Gasteiger charge is 2.13. The maximum atomic E-state index is 11.6. The second-order valence-corrected chi connectivity index (χ2v) is 6.74. The zero-order valence-corrected chi connectivity index (χ0v) is 16.5. The van der Waals surface area contributed by atoms with Crippen LogP contribution in [0.3, 0.4) is 0 Å². The molecule has 148 valence electrons. The standard InChI is InChI=1S/C20H21N7O2/c1-26(2)17-8-13(14-6-4-5-7-16(14)25-17)9-21-19-15-10-24-27(11-18(28)29-3)20(15)23-12-22-19/h4-8,10,12H,9,11H2,1-3H3,(H,21,22,23). The van der Waals surface area contributed by atoms with Crippen LogP contribution in [0.25, 0.3) is 21.9 Å². The average Bonchev–Trinajstić information content (AvgIpc) is 3.15. The Labute approximate surface area is 167 Å². The van der Waals surface area contributed by atoms with Gasteiger partial charge in [-0.3, -0.25) is 4.79 Å². The predicted molar refractivity (Wildman–Crippen MR) is 111 cm³/mol. The first-order valence-electron chi connectivity index (χ1n) is 9.10. The van der Waals surface area contributed by atoms with Gasteiger partial charge in [-0.2, -0.15) is 5.10 Å². The molecule has 0 amide bonds. The van der Waals surface area contributed by atoms with Crippen molar-refractivity contribution in [2.75, 3.05) is 31.4 Å². The quantitative estimate of drug-likeness (QED) is 0.500. The van der Waals surface area contributed by atoms with Gasteiger partial charge in [-0.25, -0.2) is 19.6 Å². The molecule has 9 nitrogen and oxygen atoms in total. The van der Waals surface area contributed by atoms with E-state index >= 15 is 0 Å². The number of carbonyl (C=O) groups is 1. The molecule has 1 aromatic carbocycles. The van der Waals surface area contributed by atoms with Crippen molar-refractivity contribution >= 4 is 39.5 Å². The van der Waals surface area contributed by atoms with Crippen LogP contribution in [0.2, 0.25) is 0 Å². The lowest BCUT2D eigenvalue weighted by atomic mass is 10.1. The highest BCUT2D eigenvalue weighted by molar-refractivity contribution is 5.88. The van der Waals surface area contributed by atoms with Crippen LogP contribution in [0.15, 0.2) is 42.9 Å². The van der Waals surface area contributed by atoms with Gasteiger partial charge in [0.2, 0.25) is 0 Å². The lowest BCUT2D eigenvalue weighted by Gasteiger charge is -2.15. The number of ether oxygens (including phenoxy) is 1. The van der Waals surface area contributed by atoms with Crippen molar-refractivity contribution in [2.45, 2.75) is 13.1 Å². The molecule has 0 saturated heterocycles. The van der Waals surface area contributed by atoms with Crippen LogP contribution in [0.5, 0.6) is 0 Å². The van der Waals surface area contributed by atoms with Crippen LogP contribution < -0.4 is 10.2 Å². The number of hydrogen-bond acceptors (Lipinski definition) is 8. The molecule has 0 bridgehead atoms. The fourth-order valence-corrected chi connectivity index (χ4v) is 3.12. The smallest absolute Gasteiger partial charge is 0.327 e. The van der Waals surface area contributed by atoms with E-state index in [1.807, 2.05) is 37.2 Å². The fourth-order valence-electron chi connectivity index (χ4n) is 3.12. The normalized spacial score (nSPS) is 11.0. The Morgan fingerprint density at radius 1 is 1.21 bits per heavy atom. The summed E-state index contributed by atoms with van der Waals surface area (Å²) in [6, 6.07) is 10.1. The zero-order valence-electron chi connectivity index (χ0n) is 16.5. The van der Waals surface area contributed by atoms with E-state index in [2.05, 4.69) is 32.5 Å². The Balaban J connectivity index is 1.66. The summed E-state index contributed by atoms with van der Waals surface area (Å²) in [5.74, 6) is 1.15. The predicted octanol–water partition coefficient (Wildman–Crippen LogP) is 2.23. The van der Waals surface area contributed by atoms with E-state index in [0.29, 0.717) is 18.0 Å². The first-order chi connectivity index (χ1) is 14.1. The number of pyridine rings is 1. The summed E-state index contributed by atoms with van der Waals surface area (Å²) in [6.07, 6.45) is 3.10. The molecule has 3 aromatic heterocycles. The Morgan fingerprint density at radius 2 is 2.03 bits per heavy atom. The Kier molecular flexibility index (Phi) is 4.94. The van der Waals surface area contributed by atoms with E-state index in [0.717, 1.165) is 27.7 Å². The number of anilines is 2. The molecule has 3 heterocycles. The molecule has 0 saturated carbocycles. The minimum atomic E-state index is -0.386. The van der Waals surface area contributed by atoms with Gasteiger partial charge in [0.1, 0.15) is 24.5 Å². The molecule has 9 heteroatoms. The number of nitrogens with one attached hydrogen (secondary N) is 1. The first-order valence-corrected chi connectivity index (χ1v) is 9.10. The van der Waals surface area contributed by atoms with Crippen LogP contribution in [-0.2, 0) is 22.6 Å². The average molecular weight is 391 g/mol. The summed E-state index contributed by atoms with van der Waals surface area (Å²) in [5, 5.41) is 9.44. The largest absolute Gasteiger partial charge is 0.468 e.